The zero-order valence-electron chi connectivity index (χ0n) is 14.1. The van der Waals surface area contributed by atoms with Crippen molar-refractivity contribution in [1.82, 2.24) is 10.2 Å². The molecule has 1 aromatic carbocycles. The summed E-state index contributed by atoms with van der Waals surface area (Å²) in [7, 11) is 2.25. The van der Waals surface area contributed by atoms with E-state index in [2.05, 4.69) is 82.2 Å². The maximum atomic E-state index is 3.53. The van der Waals surface area contributed by atoms with Crippen molar-refractivity contribution >= 4 is 0 Å². The van der Waals surface area contributed by atoms with Gasteiger partial charge >= 0.3 is 0 Å². The topological polar surface area (TPSA) is 15.3 Å². The molecule has 114 valence electrons. The summed E-state index contributed by atoms with van der Waals surface area (Å²) in [6.07, 6.45) is 0. The van der Waals surface area contributed by atoms with E-state index in [1.807, 2.05) is 0 Å². The lowest BCUT2D eigenvalue weighted by Gasteiger charge is -2.38. The molecule has 0 radical (unpaired) electrons. The second-order valence-electron chi connectivity index (χ2n) is 6.61. The summed E-state index contributed by atoms with van der Waals surface area (Å²) >= 11 is 0. The Bertz CT molecular complexity index is 374. The summed E-state index contributed by atoms with van der Waals surface area (Å²) in [5, 5.41) is 3.53. The fraction of sp³-hybridized carbons (Fsp3) is 0.667. The molecule has 1 N–H and O–H groups in total. The normalized spacial score (nSPS) is 16.4. The minimum atomic E-state index is 0.148. The van der Waals surface area contributed by atoms with Crippen molar-refractivity contribution in [2.45, 2.75) is 46.1 Å². The van der Waals surface area contributed by atoms with E-state index in [9.17, 15) is 0 Å². The molecule has 0 heterocycles. The van der Waals surface area contributed by atoms with Gasteiger partial charge in [-0.15, -0.1) is 0 Å². The third kappa shape index (κ3) is 4.60. The van der Waals surface area contributed by atoms with Gasteiger partial charge in [-0.1, -0.05) is 58.0 Å². The fourth-order valence-electron chi connectivity index (χ4n) is 2.69. The van der Waals surface area contributed by atoms with Crippen LogP contribution in [0.1, 0.15) is 40.2 Å². The zero-order valence-corrected chi connectivity index (χ0v) is 14.1. The highest BCUT2D eigenvalue weighted by Gasteiger charge is 2.29. The smallest absolute Gasteiger partial charge is 0.0177 e. The van der Waals surface area contributed by atoms with E-state index >= 15 is 0 Å². The van der Waals surface area contributed by atoms with Crippen molar-refractivity contribution in [3.05, 3.63) is 35.9 Å². The van der Waals surface area contributed by atoms with Crippen molar-refractivity contribution < 1.29 is 0 Å². The molecule has 0 aliphatic carbocycles. The molecule has 2 atom stereocenters. The molecule has 2 nitrogen and oxygen atoms in total. The van der Waals surface area contributed by atoms with E-state index in [0.717, 1.165) is 19.6 Å². The Kier molecular flexibility index (Phi) is 6.70. The average molecular weight is 276 g/mol. The number of benzene rings is 1. The Hall–Kier alpha value is -0.860. The first kappa shape index (κ1) is 17.2. The fourth-order valence-corrected chi connectivity index (χ4v) is 2.69. The Morgan fingerprint density at radius 3 is 2.25 bits per heavy atom. The number of likely N-dealkylation sites (N-methyl/N-ethyl adjacent to an activating group) is 2. The minimum absolute atomic E-state index is 0.148. The van der Waals surface area contributed by atoms with E-state index in [4.69, 9.17) is 0 Å². The lowest BCUT2D eigenvalue weighted by Crippen LogP contribution is -2.47. The molecule has 0 aliphatic rings. The third-order valence-electron chi connectivity index (χ3n) is 4.49. The highest BCUT2D eigenvalue weighted by Crippen LogP contribution is 2.25. The van der Waals surface area contributed by atoms with E-state index in [0.29, 0.717) is 12.0 Å². The predicted octanol–water partition coefficient (Wildman–Crippen LogP) is 3.53. The van der Waals surface area contributed by atoms with E-state index < -0.39 is 0 Å². The molecule has 2 unspecified atom stereocenters. The molecule has 0 bridgehead atoms. The summed E-state index contributed by atoms with van der Waals surface area (Å²) in [5.41, 5.74) is 1.57. The van der Waals surface area contributed by atoms with Crippen LogP contribution in [0.5, 0.6) is 0 Å². The van der Waals surface area contributed by atoms with Crippen LogP contribution in [-0.2, 0) is 5.41 Å². The number of nitrogens with zero attached hydrogens (tertiary/aromatic N) is 1. The molecule has 1 rings (SSSR count). The van der Waals surface area contributed by atoms with Crippen LogP contribution in [0.25, 0.3) is 0 Å². The summed E-state index contributed by atoms with van der Waals surface area (Å²) in [5.74, 6) is 0.680. The summed E-state index contributed by atoms with van der Waals surface area (Å²) in [6.45, 7) is 14.6. The number of hydrogen-bond acceptors (Lipinski definition) is 2. The van der Waals surface area contributed by atoms with Gasteiger partial charge in [-0.05, 0) is 32.0 Å². The van der Waals surface area contributed by atoms with Gasteiger partial charge in [0.15, 0.2) is 0 Å². The van der Waals surface area contributed by atoms with Crippen LogP contribution in [-0.4, -0.2) is 37.6 Å². The molecular formula is C18H32N2. The Morgan fingerprint density at radius 2 is 1.75 bits per heavy atom. The average Bonchev–Trinajstić information content (AvgIpc) is 2.45. The Labute approximate surface area is 125 Å². The second-order valence-corrected chi connectivity index (χ2v) is 6.61. The summed E-state index contributed by atoms with van der Waals surface area (Å²) in [6, 6.07) is 11.5. The summed E-state index contributed by atoms with van der Waals surface area (Å²) < 4.78 is 0. The van der Waals surface area contributed by atoms with Crippen LogP contribution in [0.15, 0.2) is 30.3 Å². The van der Waals surface area contributed by atoms with Crippen molar-refractivity contribution in [2.24, 2.45) is 5.92 Å². The molecule has 0 fully saturated rings. The van der Waals surface area contributed by atoms with Gasteiger partial charge < -0.3 is 10.2 Å². The molecule has 1 aromatic rings. The Balaban J connectivity index is 2.89. The van der Waals surface area contributed by atoms with Gasteiger partial charge in [0.05, 0.1) is 0 Å². The first-order valence-electron chi connectivity index (χ1n) is 7.87. The van der Waals surface area contributed by atoms with E-state index in [1.165, 1.54) is 5.56 Å². The van der Waals surface area contributed by atoms with Crippen LogP contribution >= 0.6 is 0 Å². The van der Waals surface area contributed by atoms with Crippen LogP contribution in [0.2, 0.25) is 0 Å². The quantitative estimate of drug-likeness (QED) is 0.781. The van der Waals surface area contributed by atoms with Crippen LogP contribution in [0.3, 0.4) is 0 Å². The highest BCUT2D eigenvalue weighted by molar-refractivity contribution is 5.25. The first-order valence-corrected chi connectivity index (χ1v) is 7.87. The van der Waals surface area contributed by atoms with Crippen LogP contribution in [0, 0.1) is 5.92 Å². The van der Waals surface area contributed by atoms with Gasteiger partial charge in [0.2, 0.25) is 0 Å². The SMILES string of the molecule is CCNCC(C)(CN(C)C(C)C(C)C)c1ccccc1. The van der Waals surface area contributed by atoms with E-state index in [1.54, 1.807) is 0 Å². The monoisotopic (exact) mass is 276 g/mol. The van der Waals surface area contributed by atoms with Crippen molar-refractivity contribution in [1.29, 1.82) is 0 Å². The molecule has 0 saturated carbocycles. The molecule has 0 aliphatic heterocycles. The minimum Gasteiger partial charge on any atom is -0.316 e. The maximum Gasteiger partial charge on any atom is 0.0177 e. The summed E-state index contributed by atoms with van der Waals surface area (Å²) in [4.78, 5) is 2.50. The van der Waals surface area contributed by atoms with Crippen molar-refractivity contribution in [3.8, 4) is 0 Å². The van der Waals surface area contributed by atoms with Gasteiger partial charge in [-0.25, -0.2) is 0 Å². The molecule has 0 saturated heterocycles. The largest absolute Gasteiger partial charge is 0.316 e. The second kappa shape index (κ2) is 7.80. The molecular weight excluding hydrogens is 244 g/mol. The van der Waals surface area contributed by atoms with Crippen LogP contribution in [0.4, 0.5) is 0 Å². The molecule has 20 heavy (non-hydrogen) atoms. The van der Waals surface area contributed by atoms with Gasteiger partial charge in [0, 0.05) is 24.5 Å². The highest BCUT2D eigenvalue weighted by atomic mass is 15.1. The van der Waals surface area contributed by atoms with Gasteiger partial charge in [0.25, 0.3) is 0 Å². The molecule has 0 aromatic heterocycles. The van der Waals surface area contributed by atoms with Gasteiger partial charge in [-0.3, -0.25) is 0 Å². The molecule has 0 amide bonds. The van der Waals surface area contributed by atoms with Crippen molar-refractivity contribution in [3.63, 3.8) is 0 Å². The standard InChI is InChI=1S/C18H32N2/c1-7-19-13-18(5,17-11-9-8-10-12-17)14-20(6)16(4)15(2)3/h8-12,15-16,19H,7,13-14H2,1-6H3. The van der Waals surface area contributed by atoms with Gasteiger partial charge in [-0.2, -0.15) is 0 Å². The lowest BCUT2D eigenvalue weighted by atomic mass is 9.81. The molecule has 0 spiro atoms. The molecule has 2 heteroatoms. The lowest BCUT2D eigenvalue weighted by molar-refractivity contribution is 0.166. The number of nitrogens with one attached hydrogen (secondary N) is 1. The third-order valence-corrected chi connectivity index (χ3v) is 4.49. The van der Waals surface area contributed by atoms with E-state index in [-0.39, 0.29) is 5.41 Å². The zero-order chi connectivity index (χ0) is 15.2. The van der Waals surface area contributed by atoms with Gasteiger partial charge in [0.1, 0.15) is 0 Å². The maximum absolute atomic E-state index is 3.53. The van der Waals surface area contributed by atoms with Crippen LogP contribution < -0.4 is 5.32 Å². The van der Waals surface area contributed by atoms with Crippen molar-refractivity contribution in [2.75, 3.05) is 26.7 Å². The Morgan fingerprint density at radius 1 is 1.15 bits per heavy atom. The number of hydrogen-bond donors (Lipinski definition) is 1. The number of rotatable bonds is 8. The first-order chi connectivity index (χ1) is 9.40. The predicted molar refractivity (Wildman–Crippen MR) is 89.3 cm³/mol.